The molecule has 108 valence electrons. The van der Waals surface area contributed by atoms with Gasteiger partial charge < -0.3 is 36.0 Å². The fourth-order valence-corrected chi connectivity index (χ4v) is 1.14. The number of hydrogen-bond donors (Lipinski definition) is 7. The molecule has 1 amide bonds. The van der Waals surface area contributed by atoms with Crippen molar-refractivity contribution in [3.05, 3.63) is 0 Å². The van der Waals surface area contributed by atoms with Gasteiger partial charge in [-0.25, -0.2) is 0 Å². The Hall–Kier alpha value is -0.190. The summed E-state index contributed by atoms with van der Waals surface area (Å²) in [5.41, 5.74) is 0. The first-order valence-corrected chi connectivity index (χ1v) is 5.69. The van der Waals surface area contributed by atoms with Crippen LogP contribution in [0.25, 0.3) is 0 Å². The van der Waals surface area contributed by atoms with Crippen LogP contribution in [-0.4, -0.2) is 78.6 Å². The molecule has 7 N–H and O–H groups in total. The number of hydrogen-bond acceptors (Lipinski definition) is 7. The van der Waals surface area contributed by atoms with Gasteiger partial charge in [0.2, 0.25) is 0 Å². The van der Waals surface area contributed by atoms with Gasteiger partial charge in [-0.3, -0.25) is 4.79 Å². The molecule has 0 heterocycles. The van der Waals surface area contributed by atoms with Crippen molar-refractivity contribution in [1.29, 1.82) is 0 Å². The van der Waals surface area contributed by atoms with Crippen molar-refractivity contribution in [1.82, 2.24) is 5.32 Å². The van der Waals surface area contributed by atoms with Crippen LogP contribution in [0.3, 0.4) is 0 Å². The molecule has 0 aliphatic carbocycles. The first kappa shape index (κ1) is 17.8. The van der Waals surface area contributed by atoms with Crippen LogP contribution in [-0.2, 0) is 4.79 Å². The maximum atomic E-state index is 11.0. The minimum Gasteiger partial charge on any atom is -0.394 e. The molecule has 8 nitrogen and oxygen atoms in total. The van der Waals surface area contributed by atoms with E-state index in [-0.39, 0.29) is 0 Å². The minimum atomic E-state index is -2.02. The summed E-state index contributed by atoms with van der Waals surface area (Å²) in [5.74, 6) is -1.02. The normalized spacial score (nSPS) is 20.1. The molecule has 0 aliphatic heterocycles. The van der Waals surface area contributed by atoms with E-state index < -0.39 is 48.0 Å². The Balaban J connectivity index is 4.44. The fourth-order valence-electron chi connectivity index (χ4n) is 1.02. The molecule has 0 aromatic carbocycles. The van der Waals surface area contributed by atoms with Crippen molar-refractivity contribution in [2.75, 3.05) is 6.61 Å². The third kappa shape index (κ3) is 5.21. The Kier molecular flexibility index (Phi) is 7.99. The number of carbonyl (C=O) groups is 1. The number of carbonyl (C=O) groups excluding carboxylic acids is 1. The Morgan fingerprint density at radius 1 is 1.00 bits per heavy atom. The first-order valence-electron chi connectivity index (χ1n) is 4.82. The number of aliphatic hydroxyl groups excluding tert-OH is 6. The summed E-state index contributed by atoms with van der Waals surface area (Å²) in [5, 5.41) is 56.6. The van der Waals surface area contributed by atoms with Crippen molar-refractivity contribution in [3.8, 4) is 0 Å². The number of halogens is 2. The van der Waals surface area contributed by atoms with Gasteiger partial charge in [0.1, 0.15) is 24.4 Å². The van der Waals surface area contributed by atoms with E-state index in [4.69, 9.17) is 33.4 Å². The second-order valence-electron chi connectivity index (χ2n) is 3.48. The van der Waals surface area contributed by atoms with Gasteiger partial charge in [-0.1, -0.05) is 23.2 Å². The molecule has 0 aromatic rings. The standard InChI is InChI=1S/C8H15Cl2NO7/c9-6(10)8(18)11-7(17)5(16)4(15)3(14)2(13)1-12/h2-7,12-17H,1H2,(H,11,18)/t2-,3-,4+,5-,7?/m1/s1. The maximum Gasteiger partial charge on any atom is 0.255 e. The van der Waals surface area contributed by atoms with Crippen LogP contribution in [0.1, 0.15) is 0 Å². The summed E-state index contributed by atoms with van der Waals surface area (Å²) in [6.45, 7) is -0.862. The average Bonchev–Trinajstić information content (AvgIpc) is 2.34. The van der Waals surface area contributed by atoms with Crippen LogP contribution in [0.5, 0.6) is 0 Å². The highest BCUT2D eigenvalue weighted by atomic mass is 35.5. The van der Waals surface area contributed by atoms with Gasteiger partial charge in [0.25, 0.3) is 5.91 Å². The second kappa shape index (κ2) is 8.08. The molecule has 0 bridgehead atoms. The van der Waals surface area contributed by atoms with Crippen LogP contribution < -0.4 is 5.32 Å². The zero-order valence-corrected chi connectivity index (χ0v) is 10.5. The number of rotatable bonds is 7. The van der Waals surface area contributed by atoms with E-state index in [0.29, 0.717) is 0 Å². The lowest BCUT2D eigenvalue weighted by molar-refractivity contribution is -0.150. The van der Waals surface area contributed by atoms with Crippen LogP contribution >= 0.6 is 23.2 Å². The molecule has 0 aliphatic rings. The molecule has 0 aromatic heterocycles. The van der Waals surface area contributed by atoms with Gasteiger partial charge in [0.05, 0.1) is 6.61 Å². The third-order valence-corrected chi connectivity index (χ3v) is 2.49. The Labute approximate surface area is 112 Å². The van der Waals surface area contributed by atoms with Crippen molar-refractivity contribution >= 4 is 29.1 Å². The largest absolute Gasteiger partial charge is 0.394 e. The minimum absolute atomic E-state index is 0.862. The van der Waals surface area contributed by atoms with Crippen molar-refractivity contribution in [3.63, 3.8) is 0 Å². The Morgan fingerprint density at radius 3 is 1.89 bits per heavy atom. The highest BCUT2D eigenvalue weighted by Crippen LogP contribution is 2.08. The number of aliphatic hydroxyl groups is 6. The van der Waals surface area contributed by atoms with Crippen LogP contribution in [0, 0.1) is 0 Å². The smallest absolute Gasteiger partial charge is 0.255 e. The summed E-state index contributed by atoms with van der Waals surface area (Å²) in [6.07, 6.45) is -9.62. The lowest BCUT2D eigenvalue weighted by Crippen LogP contribution is -2.55. The zero-order chi connectivity index (χ0) is 14.5. The third-order valence-electron chi connectivity index (χ3n) is 2.09. The molecule has 0 saturated heterocycles. The van der Waals surface area contributed by atoms with Crippen LogP contribution in [0.2, 0.25) is 0 Å². The van der Waals surface area contributed by atoms with Crippen molar-refractivity contribution < 1.29 is 35.4 Å². The van der Waals surface area contributed by atoms with Gasteiger partial charge in [0.15, 0.2) is 11.1 Å². The van der Waals surface area contributed by atoms with Gasteiger partial charge in [0, 0.05) is 0 Å². The van der Waals surface area contributed by atoms with Crippen molar-refractivity contribution in [2.45, 2.75) is 35.5 Å². The summed E-state index contributed by atoms with van der Waals surface area (Å²) >= 11 is 10.3. The predicted octanol–water partition coefficient (Wildman–Crippen LogP) is -3.34. The lowest BCUT2D eigenvalue weighted by atomic mass is 10.0. The predicted molar refractivity (Wildman–Crippen MR) is 60.8 cm³/mol. The number of nitrogens with one attached hydrogen (secondary N) is 1. The zero-order valence-electron chi connectivity index (χ0n) is 9.02. The monoisotopic (exact) mass is 307 g/mol. The van der Waals surface area contributed by atoms with E-state index in [0.717, 1.165) is 0 Å². The highest BCUT2D eigenvalue weighted by Gasteiger charge is 2.35. The summed E-state index contributed by atoms with van der Waals surface area (Å²) in [6, 6.07) is 0. The molecular formula is C8H15Cl2NO7. The summed E-state index contributed by atoms with van der Waals surface area (Å²) in [7, 11) is 0. The van der Waals surface area contributed by atoms with Gasteiger partial charge >= 0.3 is 0 Å². The van der Waals surface area contributed by atoms with E-state index in [2.05, 4.69) is 0 Å². The fraction of sp³-hybridized carbons (Fsp3) is 0.875. The van der Waals surface area contributed by atoms with Gasteiger partial charge in [-0.05, 0) is 0 Å². The van der Waals surface area contributed by atoms with E-state index in [9.17, 15) is 25.2 Å². The lowest BCUT2D eigenvalue weighted by Gasteiger charge is -2.28. The molecule has 10 heteroatoms. The van der Waals surface area contributed by atoms with E-state index in [1.54, 1.807) is 5.32 Å². The molecule has 0 rings (SSSR count). The van der Waals surface area contributed by atoms with E-state index in [1.807, 2.05) is 0 Å². The number of alkyl halides is 2. The average molecular weight is 308 g/mol. The highest BCUT2D eigenvalue weighted by molar-refractivity contribution is 6.53. The van der Waals surface area contributed by atoms with E-state index in [1.165, 1.54) is 0 Å². The second-order valence-corrected chi connectivity index (χ2v) is 4.57. The molecule has 5 atom stereocenters. The summed E-state index contributed by atoms with van der Waals surface area (Å²) < 4.78 is 0. The topological polar surface area (TPSA) is 150 Å². The molecule has 0 saturated carbocycles. The Morgan fingerprint density at radius 2 is 1.50 bits per heavy atom. The molecule has 0 spiro atoms. The van der Waals surface area contributed by atoms with Crippen molar-refractivity contribution in [2.24, 2.45) is 0 Å². The summed E-state index contributed by atoms with van der Waals surface area (Å²) in [4.78, 5) is 9.47. The first-order chi connectivity index (χ1) is 8.22. The molecule has 0 fully saturated rings. The quantitative estimate of drug-likeness (QED) is 0.192. The Bertz CT molecular complexity index is 268. The SMILES string of the molecule is O=C(NC(O)[C@H](O)[C@@H](O)[C@H](O)[C@H](O)CO)C(Cl)Cl. The van der Waals surface area contributed by atoms with Gasteiger partial charge in [-0.15, -0.1) is 0 Å². The molecular weight excluding hydrogens is 293 g/mol. The van der Waals surface area contributed by atoms with Crippen LogP contribution in [0.4, 0.5) is 0 Å². The van der Waals surface area contributed by atoms with Crippen LogP contribution in [0.15, 0.2) is 0 Å². The molecule has 0 radical (unpaired) electrons. The number of amides is 1. The van der Waals surface area contributed by atoms with E-state index >= 15 is 0 Å². The van der Waals surface area contributed by atoms with Gasteiger partial charge in [-0.2, -0.15) is 0 Å². The molecule has 1 unspecified atom stereocenters. The molecule has 18 heavy (non-hydrogen) atoms. The maximum absolute atomic E-state index is 11.0.